The van der Waals surface area contributed by atoms with Crippen molar-refractivity contribution < 1.29 is 14.7 Å². The van der Waals surface area contributed by atoms with Crippen LogP contribution in [0.2, 0.25) is 0 Å². The summed E-state index contributed by atoms with van der Waals surface area (Å²) in [5.74, 6) is -1.18. The van der Waals surface area contributed by atoms with Gasteiger partial charge in [-0.3, -0.25) is 4.79 Å². The van der Waals surface area contributed by atoms with Gasteiger partial charge in [-0.1, -0.05) is 19.1 Å². The number of hydrogen-bond acceptors (Lipinski definition) is 3. The highest BCUT2D eigenvalue weighted by Crippen LogP contribution is 2.04. The molecule has 0 bridgehead atoms. The Labute approximate surface area is 106 Å². The monoisotopic (exact) mass is 250 g/mol. The highest BCUT2D eigenvalue weighted by atomic mass is 16.4. The number of hydrogen-bond donors (Lipinski definition) is 3. The van der Waals surface area contributed by atoms with Gasteiger partial charge in [0.05, 0.1) is 5.56 Å². The van der Waals surface area contributed by atoms with E-state index in [2.05, 4.69) is 5.32 Å². The van der Waals surface area contributed by atoms with E-state index in [1.807, 2.05) is 0 Å². The third-order valence-electron chi connectivity index (χ3n) is 2.71. The number of carbonyl (C=O) groups is 2. The molecule has 4 N–H and O–H groups in total. The lowest BCUT2D eigenvalue weighted by molar-refractivity contribution is -0.124. The number of nitrogens with two attached hydrogens (primary N) is 1. The molecule has 0 radical (unpaired) electrons. The second kappa shape index (κ2) is 6.76. The number of rotatable bonds is 6. The number of amides is 1. The van der Waals surface area contributed by atoms with Crippen molar-refractivity contribution >= 4 is 11.9 Å². The summed E-state index contributed by atoms with van der Waals surface area (Å²) in [6.07, 6.45) is 0.670. The summed E-state index contributed by atoms with van der Waals surface area (Å²) in [7, 11) is 0. The summed E-state index contributed by atoms with van der Waals surface area (Å²) in [5.41, 5.74) is 6.63. The van der Waals surface area contributed by atoms with E-state index in [0.717, 1.165) is 5.56 Å². The molecule has 1 aromatic carbocycles. The quantitative estimate of drug-likeness (QED) is 0.690. The first-order valence-electron chi connectivity index (χ1n) is 5.84. The van der Waals surface area contributed by atoms with Gasteiger partial charge in [0.2, 0.25) is 5.91 Å². The molecule has 0 fully saturated rings. The molecule has 5 heteroatoms. The van der Waals surface area contributed by atoms with E-state index in [9.17, 15) is 9.59 Å². The summed E-state index contributed by atoms with van der Waals surface area (Å²) in [6.45, 7) is 2.63. The topological polar surface area (TPSA) is 92.4 Å². The second-order valence-electron chi connectivity index (χ2n) is 4.18. The first-order chi connectivity index (χ1) is 8.54. The zero-order chi connectivity index (χ0) is 13.5. The molecule has 0 aliphatic carbocycles. The molecule has 1 aromatic rings. The van der Waals surface area contributed by atoms with Crippen LogP contribution in [0.1, 0.15) is 22.8 Å². The summed E-state index contributed by atoms with van der Waals surface area (Å²) in [4.78, 5) is 22.1. The molecule has 0 spiro atoms. The van der Waals surface area contributed by atoms with E-state index in [1.54, 1.807) is 31.2 Å². The lowest BCUT2D eigenvalue weighted by Gasteiger charge is -2.09. The molecule has 1 unspecified atom stereocenters. The summed E-state index contributed by atoms with van der Waals surface area (Å²) in [6, 6.07) is 6.62. The van der Waals surface area contributed by atoms with Gasteiger partial charge in [-0.05, 0) is 24.1 Å². The SMILES string of the molecule is CC(CN)C(=O)NCCc1ccc(C(=O)O)cc1. The molecule has 1 rings (SSSR count). The number of carboxylic acids is 1. The van der Waals surface area contributed by atoms with Gasteiger partial charge in [-0.25, -0.2) is 4.79 Å². The van der Waals surface area contributed by atoms with E-state index in [0.29, 0.717) is 19.5 Å². The van der Waals surface area contributed by atoms with Crippen molar-refractivity contribution in [1.29, 1.82) is 0 Å². The van der Waals surface area contributed by atoms with Gasteiger partial charge in [-0.15, -0.1) is 0 Å². The van der Waals surface area contributed by atoms with E-state index >= 15 is 0 Å². The molecule has 0 aromatic heterocycles. The minimum atomic E-state index is -0.938. The largest absolute Gasteiger partial charge is 0.478 e. The molecule has 5 nitrogen and oxygen atoms in total. The average molecular weight is 250 g/mol. The molecular formula is C13H18N2O3. The lowest BCUT2D eigenvalue weighted by atomic mass is 10.1. The summed E-state index contributed by atoms with van der Waals surface area (Å²) in [5, 5.41) is 11.5. The lowest BCUT2D eigenvalue weighted by Crippen LogP contribution is -2.34. The second-order valence-corrected chi connectivity index (χ2v) is 4.18. The molecule has 98 valence electrons. The summed E-state index contributed by atoms with van der Waals surface area (Å²) < 4.78 is 0. The fourth-order valence-corrected chi connectivity index (χ4v) is 1.43. The number of carboxylic acid groups (broad SMARTS) is 1. The fourth-order valence-electron chi connectivity index (χ4n) is 1.43. The first-order valence-corrected chi connectivity index (χ1v) is 5.84. The Morgan fingerprint density at radius 2 is 1.94 bits per heavy atom. The van der Waals surface area contributed by atoms with Gasteiger partial charge in [0.15, 0.2) is 0 Å². The molecule has 0 aliphatic heterocycles. The molecule has 0 heterocycles. The number of nitrogens with one attached hydrogen (secondary N) is 1. The van der Waals surface area contributed by atoms with Gasteiger partial charge in [0.25, 0.3) is 0 Å². The van der Waals surface area contributed by atoms with Crippen LogP contribution in [0, 0.1) is 5.92 Å². The smallest absolute Gasteiger partial charge is 0.335 e. The highest BCUT2D eigenvalue weighted by Gasteiger charge is 2.09. The Kier molecular flexibility index (Phi) is 5.32. The molecule has 0 saturated heterocycles. The predicted molar refractivity (Wildman–Crippen MR) is 68.3 cm³/mol. The van der Waals surface area contributed by atoms with Crippen LogP contribution in [0.25, 0.3) is 0 Å². The van der Waals surface area contributed by atoms with Gasteiger partial charge < -0.3 is 16.2 Å². The van der Waals surface area contributed by atoms with Crippen LogP contribution in [0.15, 0.2) is 24.3 Å². The van der Waals surface area contributed by atoms with Crippen LogP contribution in [0.5, 0.6) is 0 Å². The van der Waals surface area contributed by atoms with Crippen LogP contribution < -0.4 is 11.1 Å². The minimum Gasteiger partial charge on any atom is -0.478 e. The van der Waals surface area contributed by atoms with Gasteiger partial charge in [-0.2, -0.15) is 0 Å². The van der Waals surface area contributed by atoms with E-state index in [1.165, 1.54) is 0 Å². The van der Waals surface area contributed by atoms with Crippen LogP contribution in [-0.4, -0.2) is 30.1 Å². The highest BCUT2D eigenvalue weighted by molar-refractivity contribution is 5.87. The van der Waals surface area contributed by atoms with Gasteiger partial charge in [0, 0.05) is 19.0 Å². The summed E-state index contributed by atoms with van der Waals surface area (Å²) >= 11 is 0. The van der Waals surface area contributed by atoms with Crippen LogP contribution in [-0.2, 0) is 11.2 Å². The molecule has 0 saturated carbocycles. The Bertz CT molecular complexity index is 415. The first kappa shape index (κ1) is 14.2. The molecule has 1 atom stereocenters. The Morgan fingerprint density at radius 3 is 2.44 bits per heavy atom. The predicted octanol–water partition coefficient (Wildman–Crippen LogP) is 0.638. The van der Waals surface area contributed by atoms with Gasteiger partial charge >= 0.3 is 5.97 Å². The Balaban J connectivity index is 2.40. The Hall–Kier alpha value is -1.88. The maximum Gasteiger partial charge on any atom is 0.335 e. The van der Waals surface area contributed by atoms with Crippen molar-refractivity contribution in [2.75, 3.05) is 13.1 Å². The van der Waals surface area contributed by atoms with Crippen molar-refractivity contribution in [3.05, 3.63) is 35.4 Å². The van der Waals surface area contributed by atoms with E-state index in [4.69, 9.17) is 10.8 Å². The van der Waals surface area contributed by atoms with Crippen molar-refractivity contribution in [1.82, 2.24) is 5.32 Å². The zero-order valence-corrected chi connectivity index (χ0v) is 10.3. The Morgan fingerprint density at radius 1 is 1.33 bits per heavy atom. The molecule has 0 aliphatic rings. The van der Waals surface area contributed by atoms with Crippen molar-refractivity contribution in [3.63, 3.8) is 0 Å². The van der Waals surface area contributed by atoms with Gasteiger partial charge in [0.1, 0.15) is 0 Å². The maximum atomic E-state index is 11.4. The normalized spacial score (nSPS) is 11.9. The number of benzene rings is 1. The standard InChI is InChI=1S/C13H18N2O3/c1-9(8-14)12(16)15-7-6-10-2-4-11(5-3-10)13(17)18/h2-5,9H,6-8,14H2,1H3,(H,15,16)(H,17,18). The molecule has 1 amide bonds. The number of aromatic carboxylic acids is 1. The molecule has 18 heavy (non-hydrogen) atoms. The van der Waals surface area contributed by atoms with Crippen LogP contribution >= 0.6 is 0 Å². The fraction of sp³-hybridized carbons (Fsp3) is 0.385. The van der Waals surface area contributed by atoms with Crippen molar-refractivity contribution in [2.24, 2.45) is 11.7 Å². The van der Waals surface area contributed by atoms with Crippen molar-refractivity contribution in [3.8, 4) is 0 Å². The third kappa shape index (κ3) is 4.18. The van der Waals surface area contributed by atoms with Crippen LogP contribution in [0.3, 0.4) is 0 Å². The maximum absolute atomic E-state index is 11.4. The third-order valence-corrected chi connectivity index (χ3v) is 2.71. The van der Waals surface area contributed by atoms with E-state index in [-0.39, 0.29) is 17.4 Å². The number of carbonyl (C=O) groups excluding carboxylic acids is 1. The van der Waals surface area contributed by atoms with Crippen LogP contribution in [0.4, 0.5) is 0 Å². The zero-order valence-electron chi connectivity index (χ0n) is 10.3. The molecular weight excluding hydrogens is 232 g/mol. The minimum absolute atomic E-state index is 0.0559. The average Bonchev–Trinajstić information content (AvgIpc) is 2.38. The van der Waals surface area contributed by atoms with Crippen molar-refractivity contribution in [2.45, 2.75) is 13.3 Å². The van der Waals surface area contributed by atoms with E-state index < -0.39 is 5.97 Å².